The standard InChI is InChI=1S/C26H27N7O2/c1-18(34)32-14-12-31(13-15-32)16-19-6-8-20(9-7-19)29-26-28-11-10-24(30-26)33-17-22(25(27)35)21-4-2-3-5-23(21)33/h2-11,17H,12-16H2,1H3,(H2,27,35)(H,28,29,30). The third-order valence-electron chi connectivity index (χ3n) is 6.30. The van der Waals surface area contributed by atoms with Gasteiger partial charge in [-0.15, -0.1) is 0 Å². The molecule has 2 aromatic heterocycles. The maximum atomic E-state index is 11.9. The van der Waals surface area contributed by atoms with Gasteiger partial charge in [0.1, 0.15) is 5.82 Å². The largest absolute Gasteiger partial charge is 0.366 e. The molecule has 5 rings (SSSR count). The zero-order valence-electron chi connectivity index (χ0n) is 19.5. The molecule has 35 heavy (non-hydrogen) atoms. The molecule has 178 valence electrons. The lowest BCUT2D eigenvalue weighted by Crippen LogP contribution is -2.47. The number of carbonyl (C=O) groups excluding carboxylic acids is 2. The van der Waals surface area contributed by atoms with Gasteiger partial charge in [-0.05, 0) is 29.8 Å². The summed E-state index contributed by atoms with van der Waals surface area (Å²) in [5, 5.41) is 4.04. The summed E-state index contributed by atoms with van der Waals surface area (Å²) in [5.74, 6) is 0.749. The molecular weight excluding hydrogens is 442 g/mol. The molecule has 2 aromatic carbocycles. The number of piperazine rings is 1. The van der Waals surface area contributed by atoms with E-state index in [4.69, 9.17) is 5.73 Å². The molecule has 2 amide bonds. The number of amides is 2. The topological polar surface area (TPSA) is 109 Å². The highest BCUT2D eigenvalue weighted by Gasteiger charge is 2.18. The Labute approximate surface area is 203 Å². The normalized spacial score (nSPS) is 14.3. The highest BCUT2D eigenvalue weighted by atomic mass is 16.2. The monoisotopic (exact) mass is 469 g/mol. The van der Waals surface area contributed by atoms with E-state index in [1.54, 1.807) is 25.4 Å². The number of aromatic nitrogens is 3. The van der Waals surface area contributed by atoms with Crippen LogP contribution in [0, 0.1) is 0 Å². The highest BCUT2D eigenvalue weighted by molar-refractivity contribution is 6.06. The molecule has 0 saturated carbocycles. The van der Waals surface area contributed by atoms with Crippen molar-refractivity contribution in [1.29, 1.82) is 0 Å². The second-order valence-corrected chi connectivity index (χ2v) is 8.64. The van der Waals surface area contributed by atoms with E-state index in [0.29, 0.717) is 17.3 Å². The summed E-state index contributed by atoms with van der Waals surface area (Å²) in [5.41, 5.74) is 8.96. The molecule has 0 spiro atoms. The zero-order chi connectivity index (χ0) is 24.4. The second kappa shape index (κ2) is 9.55. The number of anilines is 2. The summed E-state index contributed by atoms with van der Waals surface area (Å²) in [6.45, 7) is 5.79. The first-order valence-electron chi connectivity index (χ1n) is 11.5. The molecule has 0 bridgehead atoms. The second-order valence-electron chi connectivity index (χ2n) is 8.64. The fraction of sp³-hybridized carbons (Fsp3) is 0.231. The highest BCUT2D eigenvalue weighted by Crippen LogP contribution is 2.24. The quantitative estimate of drug-likeness (QED) is 0.449. The number of para-hydroxylation sites is 1. The van der Waals surface area contributed by atoms with E-state index < -0.39 is 5.91 Å². The van der Waals surface area contributed by atoms with Crippen LogP contribution in [0.2, 0.25) is 0 Å². The van der Waals surface area contributed by atoms with E-state index in [9.17, 15) is 9.59 Å². The minimum absolute atomic E-state index is 0.143. The van der Waals surface area contributed by atoms with Crippen molar-refractivity contribution in [3.8, 4) is 5.82 Å². The molecule has 3 N–H and O–H groups in total. The van der Waals surface area contributed by atoms with Gasteiger partial charge in [0.25, 0.3) is 5.91 Å². The molecule has 0 atom stereocenters. The number of rotatable bonds is 6. The molecule has 9 nitrogen and oxygen atoms in total. The summed E-state index contributed by atoms with van der Waals surface area (Å²) in [7, 11) is 0. The Morgan fingerprint density at radius 1 is 1.00 bits per heavy atom. The van der Waals surface area contributed by atoms with Crippen LogP contribution >= 0.6 is 0 Å². The van der Waals surface area contributed by atoms with Crippen LogP contribution in [-0.4, -0.2) is 62.3 Å². The van der Waals surface area contributed by atoms with Crippen LogP contribution < -0.4 is 11.1 Å². The molecule has 4 aromatic rings. The lowest BCUT2D eigenvalue weighted by atomic mass is 10.2. The van der Waals surface area contributed by atoms with Gasteiger partial charge in [-0.2, -0.15) is 4.98 Å². The van der Waals surface area contributed by atoms with Gasteiger partial charge in [0.2, 0.25) is 11.9 Å². The van der Waals surface area contributed by atoms with Crippen molar-refractivity contribution in [2.45, 2.75) is 13.5 Å². The predicted octanol–water partition coefficient (Wildman–Crippen LogP) is 2.93. The van der Waals surface area contributed by atoms with Gasteiger partial charge in [0.05, 0.1) is 11.1 Å². The number of hydrogen-bond donors (Lipinski definition) is 2. The molecule has 1 aliphatic heterocycles. The van der Waals surface area contributed by atoms with Crippen molar-refractivity contribution in [1.82, 2.24) is 24.3 Å². The first kappa shape index (κ1) is 22.5. The number of fused-ring (bicyclic) bond motifs is 1. The van der Waals surface area contributed by atoms with Gasteiger partial charge in [0, 0.05) is 63.1 Å². The van der Waals surface area contributed by atoms with Gasteiger partial charge in [-0.3, -0.25) is 14.5 Å². The maximum absolute atomic E-state index is 11.9. The van der Waals surface area contributed by atoms with Crippen LogP contribution in [0.5, 0.6) is 0 Å². The molecular formula is C26H27N7O2. The lowest BCUT2D eigenvalue weighted by molar-refractivity contribution is -0.130. The van der Waals surface area contributed by atoms with Crippen molar-refractivity contribution in [3.05, 3.63) is 78.1 Å². The van der Waals surface area contributed by atoms with E-state index in [1.165, 1.54) is 5.56 Å². The average Bonchev–Trinajstić information content (AvgIpc) is 3.26. The third kappa shape index (κ3) is 4.85. The summed E-state index contributed by atoms with van der Waals surface area (Å²) < 4.78 is 1.84. The van der Waals surface area contributed by atoms with Crippen molar-refractivity contribution >= 4 is 34.4 Å². The first-order chi connectivity index (χ1) is 17.0. The summed E-state index contributed by atoms with van der Waals surface area (Å²) in [6, 6.07) is 17.6. The van der Waals surface area contributed by atoms with Crippen LogP contribution in [0.25, 0.3) is 16.7 Å². The van der Waals surface area contributed by atoms with E-state index in [0.717, 1.165) is 49.3 Å². The number of hydrogen-bond acceptors (Lipinski definition) is 6. The molecule has 0 radical (unpaired) electrons. The number of nitrogens with one attached hydrogen (secondary N) is 1. The number of carbonyl (C=O) groups is 2. The zero-order valence-corrected chi connectivity index (χ0v) is 19.5. The van der Waals surface area contributed by atoms with Crippen LogP contribution in [0.15, 0.2) is 67.0 Å². The Kier molecular flexibility index (Phi) is 6.15. The first-order valence-corrected chi connectivity index (χ1v) is 11.5. The third-order valence-corrected chi connectivity index (χ3v) is 6.30. The Morgan fingerprint density at radius 2 is 1.74 bits per heavy atom. The predicted molar refractivity (Wildman–Crippen MR) is 135 cm³/mol. The smallest absolute Gasteiger partial charge is 0.250 e. The van der Waals surface area contributed by atoms with Gasteiger partial charge < -0.3 is 20.5 Å². The van der Waals surface area contributed by atoms with E-state index in [1.807, 2.05) is 45.9 Å². The maximum Gasteiger partial charge on any atom is 0.250 e. The van der Waals surface area contributed by atoms with Gasteiger partial charge in [-0.25, -0.2) is 4.98 Å². The number of primary amides is 1. The number of benzene rings is 2. The molecule has 9 heteroatoms. The molecule has 1 aliphatic rings. The van der Waals surface area contributed by atoms with Crippen LogP contribution in [0.1, 0.15) is 22.8 Å². The Morgan fingerprint density at radius 3 is 2.46 bits per heavy atom. The summed E-state index contributed by atoms with van der Waals surface area (Å²) >= 11 is 0. The lowest BCUT2D eigenvalue weighted by Gasteiger charge is -2.34. The molecule has 1 saturated heterocycles. The van der Waals surface area contributed by atoms with Gasteiger partial charge in [-0.1, -0.05) is 30.3 Å². The molecule has 1 fully saturated rings. The Bertz CT molecular complexity index is 1370. The van der Waals surface area contributed by atoms with Crippen LogP contribution in [0.3, 0.4) is 0 Å². The fourth-order valence-corrected chi connectivity index (χ4v) is 4.41. The van der Waals surface area contributed by atoms with E-state index >= 15 is 0 Å². The summed E-state index contributed by atoms with van der Waals surface area (Å²) in [6.07, 6.45) is 3.39. The van der Waals surface area contributed by atoms with Gasteiger partial charge in [0.15, 0.2) is 0 Å². The van der Waals surface area contributed by atoms with E-state index in [2.05, 4.69) is 32.3 Å². The Balaban J connectivity index is 1.29. The van der Waals surface area contributed by atoms with Crippen molar-refractivity contribution < 1.29 is 9.59 Å². The minimum Gasteiger partial charge on any atom is -0.366 e. The Hall–Kier alpha value is -4.24. The van der Waals surface area contributed by atoms with Crippen LogP contribution in [0.4, 0.5) is 11.6 Å². The number of nitrogens with zero attached hydrogens (tertiary/aromatic N) is 5. The fourth-order valence-electron chi connectivity index (χ4n) is 4.41. The van der Waals surface area contributed by atoms with E-state index in [-0.39, 0.29) is 5.91 Å². The van der Waals surface area contributed by atoms with Crippen molar-refractivity contribution in [2.75, 3.05) is 31.5 Å². The molecule has 0 unspecified atom stereocenters. The van der Waals surface area contributed by atoms with Crippen molar-refractivity contribution in [2.24, 2.45) is 5.73 Å². The SMILES string of the molecule is CC(=O)N1CCN(Cc2ccc(Nc3nccc(-n4cc(C(N)=O)c5ccccc54)n3)cc2)CC1. The summed E-state index contributed by atoms with van der Waals surface area (Å²) in [4.78, 5) is 36.7. The molecule has 0 aliphatic carbocycles. The number of nitrogens with two attached hydrogens (primary N) is 1. The average molecular weight is 470 g/mol. The van der Waals surface area contributed by atoms with Gasteiger partial charge >= 0.3 is 0 Å². The molecule has 3 heterocycles. The van der Waals surface area contributed by atoms with Crippen LogP contribution in [-0.2, 0) is 11.3 Å². The minimum atomic E-state index is -0.479. The van der Waals surface area contributed by atoms with Crippen molar-refractivity contribution in [3.63, 3.8) is 0 Å².